The minimum atomic E-state index is 0.0393. The summed E-state index contributed by atoms with van der Waals surface area (Å²) in [5.74, 6) is 0.849. The maximum absolute atomic E-state index is 12.1. The Morgan fingerprint density at radius 1 is 1.15 bits per heavy atom. The Kier molecular flexibility index (Phi) is 6.02. The summed E-state index contributed by atoms with van der Waals surface area (Å²) in [6.45, 7) is 2.61. The van der Waals surface area contributed by atoms with Crippen LogP contribution in [-0.4, -0.2) is 18.0 Å². The first kappa shape index (κ1) is 18.1. The third kappa shape index (κ3) is 4.70. The molecule has 4 nitrogen and oxygen atoms in total. The zero-order valence-corrected chi connectivity index (χ0v) is 15.8. The van der Waals surface area contributed by atoms with Crippen LogP contribution in [0.3, 0.4) is 0 Å². The number of hydrogen-bond donors (Lipinski definition) is 1. The van der Waals surface area contributed by atoms with E-state index < -0.39 is 0 Å². The van der Waals surface area contributed by atoms with Gasteiger partial charge in [-0.3, -0.25) is 4.79 Å². The molecule has 0 aliphatic rings. The maximum Gasteiger partial charge on any atom is 0.220 e. The van der Waals surface area contributed by atoms with Crippen molar-refractivity contribution in [3.63, 3.8) is 0 Å². The number of para-hydroxylation sites is 1. The average molecular weight is 366 g/mol. The van der Waals surface area contributed by atoms with Gasteiger partial charge in [0, 0.05) is 18.3 Å². The Balaban J connectivity index is 1.53. The first-order valence-electron chi connectivity index (χ1n) is 8.56. The van der Waals surface area contributed by atoms with E-state index in [1.165, 1.54) is 5.56 Å². The first-order chi connectivity index (χ1) is 12.7. The van der Waals surface area contributed by atoms with Crippen LogP contribution in [0, 0.1) is 6.92 Å². The number of methoxy groups -OCH3 is 1. The molecule has 0 radical (unpaired) electrons. The Hall–Kier alpha value is -2.66. The molecule has 26 heavy (non-hydrogen) atoms. The highest BCUT2D eigenvalue weighted by Gasteiger charge is 2.11. The lowest BCUT2D eigenvalue weighted by molar-refractivity contribution is -0.121. The third-order valence-corrected chi connectivity index (χ3v) is 5.03. The van der Waals surface area contributed by atoms with Crippen molar-refractivity contribution in [2.24, 2.45) is 0 Å². The zero-order valence-electron chi connectivity index (χ0n) is 15.0. The first-order valence-corrected chi connectivity index (χ1v) is 9.43. The van der Waals surface area contributed by atoms with Crippen LogP contribution in [0.5, 0.6) is 5.75 Å². The van der Waals surface area contributed by atoms with Gasteiger partial charge in [-0.15, -0.1) is 11.3 Å². The van der Waals surface area contributed by atoms with Crippen LogP contribution >= 0.6 is 11.3 Å². The standard InChI is InChI=1S/C21H22N2O2S/c1-15-7-9-16(10-8-15)13-22-20(24)12-11-17-14-26-21(23-17)18-5-3-4-6-19(18)25-2/h3-10,14H,11-13H2,1-2H3,(H,22,24). The van der Waals surface area contributed by atoms with Gasteiger partial charge in [0.1, 0.15) is 10.8 Å². The van der Waals surface area contributed by atoms with Gasteiger partial charge in [0.15, 0.2) is 0 Å². The monoisotopic (exact) mass is 366 g/mol. The molecule has 5 heteroatoms. The minimum Gasteiger partial charge on any atom is -0.496 e. The van der Waals surface area contributed by atoms with Crippen molar-refractivity contribution in [2.45, 2.75) is 26.3 Å². The predicted molar refractivity (Wildman–Crippen MR) is 105 cm³/mol. The minimum absolute atomic E-state index is 0.0393. The second-order valence-corrected chi connectivity index (χ2v) is 6.96. The fourth-order valence-corrected chi connectivity index (χ4v) is 3.49. The highest BCUT2D eigenvalue weighted by Crippen LogP contribution is 2.32. The Morgan fingerprint density at radius 2 is 1.92 bits per heavy atom. The smallest absolute Gasteiger partial charge is 0.220 e. The molecular formula is C21H22N2O2S. The van der Waals surface area contributed by atoms with E-state index in [2.05, 4.69) is 29.4 Å². The number of amides is 1. The van der Waals surface area contributed by atoms with Crippen LogP contribution in [0.15, 0.2) is 53.9 Å². The third-order valence-electron chi connectivity index (χ3n) is 4.11. The van der Waals surface area contributed by atoms with Crippen LogP contribution < -0.4 is 10.1 Å². The number of thiazole rings is 1. The second kappa shape index (κ2) is 8.63. The van der Waals surface area contributed by atoms with E-state index in [0.717, 1.165) is 27.6 Å². The van der Waals surface area contributed by atoms with Crippen LogP contribution in [0.4, 0.5) is 0 Å². The van der Waals surface area contributed by atoms with Gasteiger partial charge in [-0.05, 0) is 31.0 Å². The highest BCUT2D eigenvalue weighted by atomic mass is 32.1. The van der Waals surface area contributed by atoms with Crippen LogP contribution in [-0.2, 0) is 17.8 Å². The number of aryl methyl sites for hydroxylation is 2. The van der Waals surface area contributed by atoms with E-state index in [1.807, 2.05) is 41.8 Å². The second-order valence-electron chi connectivity index (χ2n) is 6.11. The van der Waals surface area contributed by atoms with Crippen molar-refractivity contribution >= 4 is 17.2 Å². The molecule has 0 bridgehead atoms. The number of nitrogens with zero attached hydrogens (tertiary/aromatic N) is 1. The van der Waals surface area contributed by atoms with Crippen molar-refractivity contribution in [3.05, 3.63) is 70.7 Å². The predicted octanol–water partition coefficient (Wildman–Crippen LogP) is 4.38. The number of nitrogens with one attached hydrogen (secondary N) is 1. The van der Waals surface area contributed by atoms with Crippen LogP contribution in [0.2, 0.25) is 0 Å². The van der Waals surface area contributed by atoms with Gasteiger partial charge in [-0.25, -0.2) is 4.98 Å². The molecule has 3 aromatic rings. The van der Waals surface area contributed by atoms with Crippen LogP contribution in [0.25, 0.3) is 10.6 Å². The summed E-state index contributed by atoms with van der Waals surface area (Å²) >= 11 is 1.57. The van der Waals surface area contributed by atoms with E-state index >= 15 is 0 Å². The van der Waals surface area contributed by atoms with Crippen molar-refractivity contribution < 1.29 is 9.53 Å². The van der Waals surface area contributed by atoms with E-state index in [9.17, 15) is 4.79 Å². The molecule has 2 aromatic carbocycles. The van der Waals surface area contributed by atoms with Gasteiger partial charge in [-0.2, -0.15) is 0 Å². The summed E-state index contributed by atoms with van der Waals surface area (Å²) in [4.78, 5) is 16.7. The van der Waals surface area contributed by atoms with Crippen molar-refractivity contribution in [1.82, 2.24) is 10.3 Å². The fraction of sp³-hybridized carbons (Fsp3) is 0.238. The molecular weight excluding hydrogens is 344 g/mol. The molecule has 0 atom stereocenters. The lowest BCUT2D eigenvalue weighted by atomic mass is 10.1. The Labute approximate surface area is 157 Å². The Morgan fingerprint density at radius 3 is 2.69 bits per heavy atom. The van der Waals surface area contributed by atoms with Gasteiger partial charge in [0.25, 0.3) is 0 Å². The van der Waals surface area contributed by atoms with Gasteiger partial charge in [0.05, 0.1) is 18.4 Å². The van der Waals surface area contributed by atoms with E-state index in [4.69, 9.17) is 4.74 Å². The fourth-order valence-electron chi connectivity index (χ4n) is 2.60. The molecule has 3 rings (SSSR count). The van der Waals surface area contributed by atoms with Gasteiger partial charge >= 0.3 is 0 Å². The molecule has 0 spiro atoms. The van der Waals surface area contributed by atoms with E-state index in [1.54, 1.807) is 18.4 Å². The number of aromatic nitrogens is 1. The number of benzene rings is 2. The molecule has 0 fully saturated rings. The molecule has 0 aliphatic heterocycles. The number of carbonyl (C=O) groups excluding carboxylic acids is 1. The van der Waals surface area contributed by atoms with Gasteiger partial charge in [0.2, 0.25) is 5.91 Å². The topological polar surface area (TPSA) is 51.2 Å². The van der Waals surface area contributed by atoms with Crippen molar-refractivity contribution in [2.75, 3.05) is 7.11 Å². The summed E-state index contributed by atoms with van der Waals surface area (Å²) in [7, 11) is 1.66. The number of ether oxygens (including phenoxy) is 1. The largest absolute Gasteiger partial charge is 0.496 e. The molecule has 1 amide bonds. The maximum atomic E-state index is 12.1. The molecule has 0 saturated heterocycles. The lowest BCUT2D eigenvalue weighted by Crippen LogP contribution is -2.23. The molecule has 134 valence electrons. The molecule has 0 saturated carbocycles. The van der Waals surface area contributed by atoms with Crippen molar-refractivity contribution in [3.8, 4) is 16.3 Å². The quantitative estimate of drug-likeness (QED) is 0.675. The summed E-state index contributed by atoms with van der Waals surface area (Å²) in [5, 5.41) is 5.89. The molecule has 1 aromatic heterocycles. The molecule has 0 unspecified atom stereocenters. The highest BCUT2D eigenvalue weighted by molar-refractivity contribution is 7.13. The lowest BCUT2D eigenvalue weighted by Gasteiger charge is -2.05. The summed E-state index contributed by atoms with van der Waals surface area (Å²) < 4.78 is 5.39. The van der Waals surface area contributed by atoms with E-state index in [-0.39, 0.29) is 5.91 Å². The number of carbonyl (C=O) groups is 1. The Bertz CT molecular complexity index is 872. The number of hydrogen-bond acceptors (Lipinski definition) is 4. The average Bonchev–Trinajstić information content (AvgIpc) is 3.14. The molecule has 1 heterocycles. The van der Waals surface area contributed by atoms with Gasteiger partial charge in [-0.1, -0.05) is 42.0 Å². The zero-order chi connectivity index (χ0) is 18.4. The number of rotatable bonds is 7. The summed E-state index contributed by atoms with van der Waals surface area (Å²) in [6.07, 6.45) is 1.06. The summed E-state index contributed by atoms with van der Waals surface area (Å²) in [6, 6.07) is 16.0. The summed E-state index contributed by atoms with van der Waals surface area (Å²) in [5.41, 5.74) is 4.24. The van der Waals surface area contributed by atoms with E-state index in [0.29, 0.717) is 19.4 Å². The SMILES string of the molecule is COc1ccccc1-c1nc(CCC(=O)NCc2ccc(C)cc2)cs1. The van der Waals surface area contributed by atoms with Gasteiger partial charge < -0.3 is 10.1 Å². The normalized spacial score (nSPS) is 10.5. The van der Waals surface area contributed by atoms with Crippen molar-refractivity contribution in [1.29, 1.82) is 0 Å². The molecule has 1 N–H and O–H groups in total. The molecule has 0 aliphatic carbocycles. The van der Waals surface area contributed by atoms with Crippen LogP contribution in [0.1, 0.15) is 23.2 Å².